The maximum atomic E-state index is 14.0. The van der Waals surface area contributed by atoms with Crippen molar-refractivity contribution in [2.45, 2.75) is 86.1 Å². The second kappa shape index (κ2) is 8.78. The van der Waals surface area contributed by atoms with E-state index in [0.29, 0.717) is 23.5 Å². The van der Waals surface area contributed by atoms with Gasteiger partial charge >= 0.3 is 0 Å². The number of rotatable bonds is 5. The van der Waals surface area contributed by atoms with Gasteiger partial charge in [0.1, 0.15) is 0 Å². The predicted octanol–water partition coefficient (Wildman–Crippen LogP) is 6.25. The van der Waals surface area contributed by atoms with E-state index in [4.69, 9.17) is 0 Å². The molecule has 1 N–H and O–H groups in total. The predicted molar refractivity (Wildman–Crippen MR) is 143 cm³/mol. The Bertz CT molecular complexity index is 1030. The van der Waals surface area contributed by atoms with Crippen molar-refractivity contribution in [3.63, 3.8) is 0 Å². The molecule has 35 heavy (non-hydrogen) atoms. The molecule has 3 fully saturated rings. The number of hydrogen-bond acceptors (Lipinski definition) is 3. The first kappa shape index (κ1) is 24.6. The Morgan fingerprint density at radius 3 is 2.34 bits per heavy atom. The topological polar surface area (TPSA) is 49.4 Å². The molecule has 3 aliphatic carbocycles. The number of carbonyl (C=O) groups is 2. The first-order valence-electron chi connectivity index (χ1n) is 14.0. The number of carbonyl (C=O) groups excluding carboxylic acids is 2. The van der Waals surface area contributed by atoms with Crippen LogP contribution in [0.15, 0.2) is 24.3 Å². The molecule has 0 aromatic heterocycles. The van der Waals surface area contributed by atoms with Crippen LogP contribution in [0.3, 0.4) is 0 Å². The average molecular weight is 477 g/mol. The van der Waals surface area contributed by atoms with Crippen LogP contribution in [0.4, 0.5) is 5.69 Å². The molecule has 190 valence electrons. The largest absolute Gasteiger partial charge is 0.372 e. The molecule has 1 aliphatic heterocycles. The lowest BCUT2D eigenvalue weighted by Crippen LogP contribution is -2.59. The van der Waals surface area contributed by atoms with Gasteiger partial charge in [0, 0.05) is 41.7 Å². The summed E-state index contributed by atoms with van der Waals surface area (Å²) < 4.78 is 0. The number of nitrogens with zero attached hydrogens (tertiary/aromatic N) is 1. The van der Waals surface area contributed by atoms with E-state index in [1.165, 1.54) is 29.7 Å². The number of nitrogens with one attached hydrogen (secondary N) is 1. The lowest BCUT2D eigenvalue weighted by atomic mass is 9.47. The number of amides is 1. The number of anilines is 1. The molecule has 1 aromatic rings. The van der Waals surface area contributed by atoms with Crippen LogP contribution in [0.25, 0.3) is 0 Å². The fraction of sp³-hybridized carbons (Fsp3) is 0.677. The van der Waals surface area contributed by atoms with Crippen molar-refractivity contribution in [3.05, 3.63) is 41.0 Å². The van der Waals surface area contributed by atoms with E-state index in [0.717, 1.165) is 44.3 Å². The SMILES string of the molecule is CCN(CC)c1c(C)cc(C(=O)C2CC[C@H]3[C@@H]4CCC5NC(=O)C=C[C@]5(C)[C@@H]4CC[C@]23C)cc1C. The lowest BCUT2D eigenvalue weighted by molar-refractivity contribution is -0.122. The van der Waals surface area contributed by atoms with Crippen LogP contribution < -0.4 is 10.2 Å². The minimum Gasteiger partial charge on any atom is -0.372 e. The number of Topliss-reactive ketones (excluding diaryl/α,β-unsaturated/α-hetero) is 1. The third kappa shape index (κ3) is 3.69. The van der Waals surface area contributed by atoms with Crippen LogP contribution >= 0.6 is 0 Å². The maximum Gasteiger partial charge on any atom is 0.243 e. The highest BCUT2D eigenvalue weighted by Gasteiger charge is 2.60. The number of fused-ring (bicyclic) bond motifs is 5. The Morgan fingerprint density at radius 1 is 1.00 bits per heavy atom. The molecule has 4 aliphatic rings. The summed E-state index contributed by atoms with van der Waals surface area (Å²) >= 11 is 0. The smallest absolute Gasteiger partial charge is 0.243 e. The molecule has 1 amide bonds. The highest BCUT2D eigenvalue weighted by molar-refractivity contribution is 5.99. The maximum absolute atomic E-state index is 14.0. The normalized spacial score (nSPS) is 37.8. The molecule has 2 unspecified atom stereocenters. The van der Waals surface area contributed by atoms with E-state index >= 15 is 0 Å². The fourth-order valence-electron chi connectivity index (χ4n) is 9.10. The standard InChI is InChI=1S/C31H44N2O2/c1-7-33(8-2)28-19(3)17-21(18-20(28)4)29(35)25-11-10-23-22-9-12-26-31(6,16-14-27(34)32-26)24(22)13-15-30(23,25)5/h14,16-18,22-26H,7-13,15H2,1-6H3,(H,32,34)/t22-,23-,24+,25?,26?,30-,31+/m0/s1. The molecule has 4 nitrogen and oxygen atoms in total. The second-order valence-corrected chi connectivity index (χ2v) is 12.4. The summed E-state index contributed by atoms with van der Waals surface area (Å²) in [7, 11) is 0. The minimum absolute atomic E-state index is 0.0503. The molecular formula is C31H44N2O2. The van der Waals surface area contributed by atoms with Gasteiger partial charge in [0.2, 0.25) is 5.91 Å². The van der Waals surface area contributed by atoms with E-state index in [2.05, 4.69) is 70.0 Å². The van der Waals surface area contributed by atoms with Gasteiger partial charge in [-0.25, -0.2) is 0 Å². The van der Waals surface area contributed by atoms with Gasteiger partial charge in [-0.3, -0.25) is 9.59 Å². The Morgan fingerprint density at radius 2 is 1.69 bits per heavy atom. The van der Waals surface area contributed by atoms with Gasteiger partial charge in [-0.1, -0.05) is 19.9 Å². The zero-order valence-electron chi connectivity index (χ0n) is 22.6. The molecular weight excluding hydrogens is 432 g/mol. The van der Waals surface area contributed by atoms with E-state index in [9.17, 15) is 9.59 Å². The van der Waals surface area contributed by atoms with Crippen molar-refractivity contribution < 1.29 is 9.59 Å². The highest BCUT2D eigenvalue weighted by atomic mass is 16.1. The minimum atomic E-state index is 0.0503. The first-order valence-corrected chi connectivity index (χ1v) is 14.0. The molecule has 0 bridgehead atoms. The Kier molecular flexibility index (Phi) is 6.17. The molecule has 1 aromatic carbocycles. The Labute approximate surface area is 211 Å². The van der Waals surface area contributed by atoms with Gasteiger partial charge in [-0.15, -0.1) is 0 Å². The molecule has 4 heteroatoms. The van der Waals surface area contributed by atoms with E-state index in [-0.39, 0.29) is 28.7 Å². The van der Waals surface area contributed by atoms with E-state index < -0.39 is 0 Å². The zero-order chi connectivity index (χ0) is 25.1. The van der Waals surface area contributed by atoms with Crippen molar-refractivity contribution in [2.24, 2.45) is 34.5 Å². The van der Waals surface area contributed by atoms with Crippen LogP contribution in [0.1, 0.15) is 87.7 Å². The van der Waals surface area contributed by atoms with Gasteiger partial charge < -0.3 is 10.2 Å². The summed E-state index contributed by atoms with van der Waals surface area (Å²) in [6, 6.07) is 4.58. The molecule has 7 atom stereocenters. The van der Waals surface area contributed by atoms with Crippen molar-refractivity contribution in [2.75, 3.05) is 18.0 Å². The van der Waals surface area contributed by atoms with Gasteiger partial charge in [0.05, 0.1) is 0 Å². The number of hydrogen-bond donors (Lipinski definition) is 1. The van der Waals surface area contributed by atoms with Crippen LogP contribution in [0.2, 0.25) is 0 Å². The Hall–Kier alpha value is -2.10. The quantitative estimate of drug-likeness (QED) is 0.511. The van der Waals surface area contributed by atoms with Crippen LogP contribution in [-0.4, -0.2) is 30.8 Å². The number of ketones is 1. The monoisotopic (exact) mass is 476 g/mol. The first-order chi connectivity index (χ1) is 16.6. The van der Waals surface area contributed by atoms with Crippen molar-refractivity contribution >= 4 is 17.4 Å². The van der Waals surface area contributed by atoms with E-state index in [1.807, 2.05) is 0 Å². The molecule has 1 heterocycles. The van der Waals surface area contributed by atoms with Crippen LogP contribution in [0.5, 0.6) is 0 Å². The summed E-state index contributed by atoms with van der Waals surface area (Å²) in [5, 5.41) is 3.26. The number of benzene rings is 1. The Balaban J connectivity index is 1.41. The van der Waals surface area contributed by atoms with Crippen LogP contribution in [0, 0.1) is 48.3 Å². The van der Waals surface area contributed by atoms with Crippen molar-refractivity contribution in [3.8, 4) is 0 Å². The zero-order valence-corrected chi connectivity index (χ0v) is 22.6. The third-order valence-corrected chi connectivity index (χ3v) is 10.9. The average Bonchev–Trinajstić information content (AvgIpc) is 3.18. The van der Waals surface area contributed by atoms with Gasteiger partial charge in [-0.2, -0.15) is 0 Å². The molecule has 5 rings (SSSR count). The fourth-order valence-corrected chi connectivity index (χ4v) is 9.10. The van der Waals surface area contributed by atoms with Crippen molar-refractivity contribution in [1.29, 1.82) is 0 Å². The summed E-state index contributed by atoms with van der Waals surface area (Å²) in [5.41, 5.74) is 4.78. The summed E-state index contributed by atoms with van der Waals surface area (Å²) in [5.74, 6) is 2.42. The van der Waals surface area contributed by atoms with Gasteiger partial charge in [-0.05, 0) is 119 Å². The lowest BCUT2D eigenvalue weighted by Gasteiger charge is -2.58. The van der Waals surface area contributed by atoms with Crippen LogP contribution in [-0.2, 0) is 4.79 Å². The summed E-state index contributed by atoms with van der Waals surface area (Å²) in [6.45, 7) is 15.5. The van der Waals surface area contributed by atoms with Gasteiger partial charge in [0.25, 0.3) is 0 Å². The molecule has 0 saturated heterocycles. The van der Waals surface area contributed by atoms with Crippen molar-refractivity contribution in [1.82, 2.24) is 5.32 Å². The highest BCUT2D eigenvalue weighted by Crippen LogP contribution is 2.65. The summed E-state index contributed by atoms with van der Waals surface area (Å²) in [4.78, 5) is 28.5. The number of aryl methyl sites for hydroxylation is 2. The molecule has 3 saturated carbocycles. The van der Waals surface area contributed by atoms with E-state index in [1.54, 1.807) is 6.08 Å². The molecule has 0 radical (unpaired) electrons. The van der Waals surface area contributed by atoms with Gasteiger partial charge in [0.15, 0.2) is 5.78 Å². The summed E-state index contributed by atoms with van der Waals surface area (Å²) in [6.07, 6.45) is 10.7. The third-order valence-electron chi connectivity index (χ3n) is 10.9. The molecule has 0 spiro atoms. The second-order valence-electron chi connectivity index (χ2n) is 12.4.